The third-order valence-corrected chi connectivity index (χ3v) is 4.93. The van der Waals surface area contributed by atoms with Gasteiger partial charge in [0.15, 0.2) is 0 Å². The van der Waals surface area contributed by atoms with E-state index in [1.807, 2.05) is 0 Å². The van der Waals surface area contributed by atoms with E-state index in [-0.39, 0.29) is 6.04 Å². The summed E-state index contributed by atoms with van der Waals surface area (Å²) >= 11 is 0. The molecule has 0 spiro atoms. The Bertz CT molecular complexity index is 440. The maximum atomic E-state index is 6.32. The number of piperazine rings is 1. The van der Waals surface area contributed by atoms with Crippen LogP contribution in [0.5, 0.6) is 0 Å². The summed E-state index contributed by atoms with van der Waals surface area (Å²) in [6, 6.07) is 10.2. The molecule has 1 aromatic rings. The second-order valence-corrected chi connectivity index (χ2v) is 6.54. The van der Waals surface area contributed by atoms with Crippen molar-refractivity contribution in [3.8, 4) is 0 Å². The van der Waals surface area contributed by atoms with Crippen molar-refractivity contribution in [1.29, 1.82) is 0 Å². The van der Waals surface area contributed by atoms with Gasteiger partial charge in [0.2, 0.25) is 0 Å². The van der Waals surface area contributed by atoms with Crippen molar-refractivity contribution in [2.75, 3.05) is 26.2 Å². The van der Waals surface area contributed by atoms with Gasteiger partial charge in [-0.05, 0) is 38.8 Å². The number of nitrogens with zero attached hydrogens (tertiary/aromatic N) is 2. The van der Waals surface area contributed by atoms with E-state index in [1.54, 1.807) is 0 Å². The second kappa shape index (κ2) is 5.84. The van der Waals surface area contributed by atoms with Gasteiger partial charge in [0, 0.05) is 37.8 Å². The van der Waals surface area contributed by atoms with Crippen LogP contribution in [0.25, 0.3) is 0 Å². The van der Waals surface area contributed by atoms with E-state index in [2.05, 4.69) is 47.9 Å². The predicted octanol–water partition coefficient (Wildman–Crippen LogP) is 2.16. The molecule has 3 nitrogen and oxygen atoms in total. The third kappa shape index (κ3) is 2.76. The third-order valence-electron chi connectivity index (χ3n) is 4.93. The van der Waals surface area contributed by atoms with Gasteiger partial charge in [0.05, 0.1) is 0 Å². The maximum Gasteiger partial charge on any atom is 0.0497 e. The highest BCUT2D eigenvalue weighted by Crippen LogP contribution is 2.29. The summed E-state index contributed by atoms with van der Waals surface area (Å²) in [5.74, 6) is 0. The number of rotatable bonds is 3. The standard InChI is InChI=1S/C17H27N3/c1-13-5-7-15(8-6-13)17(14(2)18)20-11-10-19-9-3-4-16(19)12-20/h5-8,14,16-17H,3-4,9-12,18H2,1-2H3. The number of aryl methyl sites for hydroxylation is 1. The molecule has 2 aliphatic rings. The van der Waals surface area contributed by atoms with Gasteiger partial charge in [-0.25, -0.2) is 0 Å². The predicted molar refractivity (Wildman–Crippen MR) is 83.7 cm³/mol. The largest absolute Gasteiger partial charge is 0.326 e. The van der Waals surface area contributed by atoms with Crippen LogP contribution < -0.4 is 5.73 Å². The van der Waals surface area contributed by atoms with Gasteiger partial charge in [-0.3, -0.25) is 9.80 Å². The second-order valence-electron chi connectivity index (χ2n) is 6.54. The molecule has 110 valence electrons. The average Bonchev–Trinajstić information content (AvgIpc) is 2.88. The lowest BCUT2D eigenvalue weighted by molar-refractivity contribution is 0.0635. The quantitative estimate of drug-likeness (QED) is 0.916. The first-order valence-electron chi connectivity index (χ1n) is 7.95. The van der Waals surface area contributed by atoms with E-state index >= 15 is 0 Å². The van der Waals surface area contributed by atoms with Crippen LogP contribution in [0, 0.1) is 6.92 Å². The summed E-state index contributed by atoms with van der Waals surface area (Å²) in [5, 5.41) is 0. The monoisotopic (exact) mass is 273 g/mol. The number of hydrogen-bond donors (Lipinski definition) is 1. The number of benzene rings is 1. The SMILES string of the molecule is Cc1ccc(C(C(C)N)N2CCN3CCCC3C2)cc1. The summed E-state index contributed by atoms with van der Waals surface area (Å²) in [7, 11) is 0. The van der Waals surface area contributed by atoms with Crippen molar-refractivity contribution in [1.82, 2.24) is 9.80 Å². The molecule has 3 atom stereocenters. The molecule has 2 aliphatic heterocycles. The summed E-state index contributed by atoms with van der Waals surface area (Å²) in [4.78, 5) is 5.27. The van der Waals surface area contributed by atoms with Crippen LogP contribution in [-0.2, 0) is 0 Å². The van der Waals surface area contributed by atoms with Gasteiger partial charge in [-0.15, -0.1) is 0 Å². The lowest BCUT2D eigenvalue weighted by atomic mass is 9.96. The summed E-state index contributed by atoms with van der Waals surface area (Å²) in [6.07, 6.45) is 2.72. The molecular formula is C17H27N3. The molecule has 3 unspecified atom stereocenters. The smallest absolute Gasteiger partial charge is 0.0497 e. The Kier molecular flexibility index (Phi) is 4.11. The Morgan fingerprint density at radius 1 is 1.15 bits per heavy atom. The first kappa shape index (κ1) is 14.1. The molecule has 3 heteroatoms. The Labute approximate surface area is 122 Å². The van der Waals surface area contributed by atoms with E-state index in [1.165, 1.54) is 43.6 Å². The lowest BCUT2D eigenvalue weighted by Gasteiger charge is -2.43. The molecule has 20 heavy (non-hydrogen) atoms. The molecule has 0 aliphatic carbocycles. The fourth-order valence-electron chi connectivity index (χ4n) is 3.88. The highest BCUT2D eigenvalue weighted by Gasteiger charge is 2.34. The number of nitrogens with two attached hydrogens (primary N) is 1. The van der Waals surface area contributed by atoms with Gasteiger partial charge in [0.25, 0.3) is 0 Å². The zero-order chi connectivity index (χ0) is 14.1. The van der Waals surface area contributed by atoms with Gasteiger partial charge < -0.3 is 5.73 Å². The molecule has 2 N–H and O–H groups in total. The topological polar surface area (TPSA) is 32.5 Å². The molecule has 2 saturated heterocycles. The van der Waals surface area contributed by atoms with E-state index < -0.39 is 0 Å². The van der Waals surface area contributed by atoms with Crippen LogP contribution in [0.15, 0.2) is 24.3 Å². The minimum absolute atomic E-state index is 0.172. The highest BCUT2D eigenvalue weighted by atomic mass is 15.3. The molecule has 0 radical (unpaired) electrons. The Hall–Kier alpha value is -0.900. The van der Waals surface area contributed by atoms with Crippen LogP contribution in [0.2, 0.25) is 0 Å². The molecule has 3 rings (SSSR count). The minimum atomic E-state index is 0.172. The highest BCUT2D eigenvalue weighted by molar-refractivity contribution is 5.25. The first-order chi connectivity index (χ1) is 9.65. The van der Waals surface area contributed by atoms with Crippen molar-refractivity contribution in [3.63, 3.8) is 0 Å². The first-order valence-corrected chi connectivity index (χ1v) is 7.95. The number of fused-ring (bicyclic) bond motifs is 1. The van der Waals surface area contributed by atoms with Gasteiger partial charge >= 0.3 is 0 Å². The zero-order valence-electron chi connectivity index (χ0n) is 12.8. The van der Waals surface area contributed by atoms with Gasteiger partial charge in [0.1, 0.15) is 0 Å². The van der Waals surface area contributed by atoms with E-state index in [0.717, 1.165) is 12.6 Å². The summed E-state index contributed by atoms with van der Waals surface area (Å²) in [6.45, 7) is 9.12. The maximum absolute atomic E-state index is 6.32. The van der Waals surface area contributed by atoms with Crippen LogP contribution in [0.3, 0.4) is 0 Å². The van der Waals surface area contributed by atoms with Crippen molar-refractivity contribution in [3.05, 3.63) is 35.4 Å². The van der Waals surface area contributed by atoms with Crippen molar-refractivity contribution >= 4 is 0 Å². The summed E-state index contributed by atoms with van der Waals surface area (Å²) < 4.78 is 0. The fourth-order valence-corrected chi connectivity index (χ4v) is 3.88. The fraction of sp³-hybridized carbons (Fsp3) is 0.647. The molecular weight excluding hydrogens is 246 g/mol. The molecule has 0 amide bonds. The molecule has 2 fully saturated rings. The Morgan fingerprint density at radius 2 is 1.90 bits per heavy atom. The van der Waals surface area contributed by atoms with Crippen molar-refractivity contribution in [2.45, 2.75) is 44.8 Å². The van der Waals surface area contributed by atoms with Gasteiger partial charge in [-0.1, -0.05) is 29.8 Å². The lowest BCUT2D eigenvalue weighted by Crippen LogP contribution is -2.53. The van der Waals surface area contributed by atoms with Gasteiger partial charge in [-0.2, -0.15) is 0 Å². The summed E-state index contributed by atoms with van der Waals surface area (Å²) in [5.41, 5.74) is 9.01. The van der Waals surface area contributed by atoms with Crippen LogP contribution >= 0.6 is 0 Å². The Morgan fingerprint density at radius 3 is 2.60 bits per heavy atom. The van der Waals surface area contributed by atoms with E-state index in [9.17, 15) is 0 Å². The minimum Gasteiger partial charge on any atom is -0.326 e. The molecule has 1 aromatic carbocycles. The number of hydrogen-bond acceptors (Lipinski definition) is 3. The molecule has 0 bridgehead atoms. The Balaban J connectivity index is 1.78. The van der Waals surface area contributed by atoms with Crippen molar-refractivity contribution in [2.24, 2.45) is 5.73 Å². The van der Waals surface area contributed by atoms with Crippen LogP contribution in [0.1, 0.15) is 36.9 Å². The molecule has 0 aromatic heterocycles. The zero-order valence-corrected chi connectivity index (χ0v) is 12.8. The van der Waals surface area contributed by atoms with E-state index in [4.69, 9.17) is 5.73 Å². The molecule has 2 heterocycles. The van der Waals surface area contributed by atoms with Crippen molar-refractivity contribution < 1.29 is 0 Å². The molecule has 0 saturated carbocycles. The van der Waals surface area contributed by atoms with E-state index in [0.29, 0.717) is 6.04 Å². The average molecular weight is 273 g/mol. The van der Waals surface area contributed by atoms with Crippen LogP contribution in [0.4, 0.5) is 0 Å². The normalized spacial score (nSPS) is 27.2. The van der Waals surface area contributed by atoms with Crippen LogP contribution in [-0.4, -0.2) is 48.1 Å².